The van der Waals surface area contributed by atoms with E-state index in [-0.39, 0.29) is 18.2 Å². The van der Waals surface area contributed by atoms with E-state index in [1.165, 1.54) is 0 Å². The minimum atomic E-state index is -0.714. The largest absolute Gasteiger partial charge is 0.497 e. The Morgan fingerprint density at radius 2 is 2.11 bits per heavy atom. The Bertz CT molecular complexity index is 1060. The Morgan fingerprint density at radius 3 is 2.89 bits per heavy atom. The summed E-state index contributed by atoms with van der Waals surface area (Å²) in [5.74, 6) is 0.709. The molecule has 2 heterocycles. The van der Waals surface area contributed by atoms with Crippen molar-refractivity contribution in [1.29, 1.82) is 0 Å². The summed E-state index contributed by atoms with van der Waals surface area (Å²) in [5, 5.41) is 10.4. The number of anilines is 2. The number of rotatable bonds is 5. The summed E-state index contributed by atoms with van der Waals surface area (Å²) in [5.41, 5.74) is 2.21. The van der Waals surface area contributed by atoms with Crippen LogP contribution in [0.3, 0.4) is 0 Å². The Balaban J connectivity index is 1.55. The second-order valence-electron chi connectivity index (χ2n) is 6.35. The van der Waals surface area contributed by atoms with Crippen LogP contribution in [0.25, 0.3) is 11.1 Å². The number of carbonyl (C=O) groups is 2. The summed E-state index contributed by atoms with van der Waals surface area (Å²) >= 11 is 5.93. The Labute approximate surface area is 166 Å². The lowest BCUT2D eigenvalue weighted by molar-refractivity contribution is -0.123. The van der Waals surface area contributed by atoms with E-state index >= 15 is 0 Å². The molecule has 2 aromatic carbocycles. The van der Waals surface area contributed by atoms with Gasteiger partial charge in [-0.05, 0) is 35.9 Å². The summed E-state index contributed by atoms with van der Waals surface area (Å²) in [6.45, 7) is 0. The molecule has 1 atom stereocenters. The minimum absolute atomic E-state index is 0.0371. The number of hydrogen-bond acceptors (Lipinski definition) is 4. The molecule has 2 N–H and O–H groups in total. The van der Waals surface area contributed by atoms with Crippen molar-refractivity contribution in [2.24, 2.45) is 0 Å². The zero-order valence-electron chi connectivity index (χ0n) is 15.0. The van der Waals surface area contributed by atoms with Gasteiger partial charge in [0.15, 0.2) is 0 Å². The molecular formula is C20H17ClN4O3. The molecule has 7 nitrogen and oxygen atoms in total. The molecule has 0 saturated heterocycles. The van der Waals surface area contributed by atoms with E-state index in [1.807, 2.05) is 24.3 Å². The second kappa shape index (κ2) is 7.36. The minimum Gasteiger partial charge on any atom is -0.497 e. The van der Waals surface area contributed by atoms with Gasteiger partial charge in [-0.1, -0.05) is 29.8 Å². The van der Waals surface area contributed by atoms with Crippen LogP contribution in [0.1, 0.15) is 12.5 Å². The number of benzene rings is 2. The van der Waals surface area contributed by atoms with Gasteiger partial charge in [0.1, 0.15) is 17.6 Å². The number of ether oxygens (including phenoxy) is 1. The second-order valence-corrected chi connectivity index (χ2v) is 6.79. The molecule has 0 spiro atoms. The molecule has 0 fully saturated rings. The van der Waals surface area contributed by atoms with Gasteiger partial charge in [0.25, 0.3) is 5.91 Å². The molecule has 0 aliphatic carbocycles. The molecule has 0 saturated carbocycles. The fraction of sp³-hybridized carbons (Fsp3) is 0.150. The number of nitrogens with one attached hydrogen (secondary N) is 2. The van der Waals surface area contributed by atoms with E-state index in [2.05, 4.69) is 15.7 Å². The lowest BCUT2D eigenvalue weighted by Gasteiger charge is -2.10. The van der Waals surface area contributed by atoms with E-state index in [4.69, 9.17) is 16.3 Å². The van der Waals surface area contributed by atoms with Crippen molar-refractivity contribution in [2.45, 2.75) is 12.5 Å². The van der Waals surface area contributed by atoms with E-state index in [0.29, 0.717) is 22.3 Å². The average molecular weight is 397 g/mol. The molecule has 1 unspecified atom stereocenters. The van der Waals surface area contributed by atoms with Gasteiger partial charge in [0.2, 0.25) is 5.91 Å². The normalized spacial score (nSPS) is 15.1. The van der Waals surface area contributed by atoms with Crippen LogP contribution in [-0.2, 0) is 9.59 Å². The number of fused-ring (bicyclic) bond motifs is 1. The van der Waals surface area contributed by atoms with Gasteiger partial charge in [0, 0.05) is 16.3 Å². The molecule has 28 heavy (non-hydrogen) atoms. The number of aromatic nitrogens is 2. The number of amides is 2. The molecular weight excluding hydrogens is 380 g/mol. The number of hydrogen-bond donors (Lipinski definition) is 2. The first-order valence-electron chi connectivity index (χ1n) is 8.63. The monoisotopic (exact) mass is 396 g/mol. The van der Waals surface area contributed by atoms with Crippen LogP contribution in [0.4, 0.5) is 11.5 Å². The molecule has 0 radical (unpaired) electrons. The number of halogens is 1. The summed E-state index contributed by atoms with van der Waals surface area (Å²) in [4.78, 5) is 24.8. The molecule has 1 aromatic heterocycles. The summed E-state index contributed by atoms with van der Waals surface area (Å²) in [6, 6.07) is 13.6. The predicted molar refractivity (Wildman–Crippen MR) is 107 cm³/mol. The van der Waals surface area contributed by atoms with Gasteiger partial charge >= 0.3 is 0 Å². The number of nitrogens with zero attached hydrogens (tertiary/aromatic N) is 2. The maximum atomic E-state index is 12.4. The van der Waals surface area contributed by atoms with Crippen molar-refractivity contribution in [3.05, 3.63) is 59.8 Å². The van der Waals surface area contributed by atoms with E-state index < -0.39 is 6.04 Å². The van der Waals surface area contributed by atoms with Crippen LogP contribution >= 0.6 is 11.6 Å². The third-order valence-electron chi connectivity index (χ3n) is 4.50. The molecule has 2 amide bonds. The third-order valence-corrected chi connectivity index (χ3v) is 4.74. The third kappa shape index (κ3) is 3.44. The summed E-state index contributed by atoms with van der Waals surface area (Å²) in [7, 11) is 1.60. The van der Waals surface area contributed by atoms with Crippen LogP contribution in [0.5, 0.6) is 5.75 Å². The zero-order valence-corrected chi connectivity index (χ0v) is 15.7. The van der Waals surface area contributed by atoms with E-state index in [0.717, 1.165) is 11.1 Å². The first-order valence-corrected chi connectivity index (χ1v) is 9.01. The predicted octanol–water partition coefficient (Wildman–Crippen LogP) is 3.73. The average Bonchev–Trinajstić information content (AvgIpc) is 3.21. The van der Waals surface area contributed by atoms with Gasteiger partial charge < -0.3 is 15.4 Å². The fourth-order valence-corrected chi connectivity index (χ4v) is 3.36. The molecule has 0 bridgehead atoms. The van der Waals surface area contributed by atoms with Crippen molar-refractivity contribution >= 4 is 34.9 Å². The van der Waals surface area contributed by atoms with Gasteiger partial charge in [0.05, 0.1) is 19.7 Å². The first kappa shape index (κ1) is 18.1. The van der Waals surface area contributed by atoms with E-state index in [9.17, 15) is 9.59 Å². The van der Waals surface area contributed by atoms with Crippen molar-refractivity contribution in [1.82, 2.24) is 9.78 Å². The Morgan fingerprint density at radius 1 is 1.29 bits per heavy atom. The van der Waals surface area contributed by atoms with Gasteiger partial charge in [-0.2, -0.15) is 5.10 Å². The highest BCUT2D eigenvalue weighted by atomic mass is 35.5. The standard InChI is InChI=1S/C20H17ClN4O3/c1-28-15-7-2-4-12(8-15)16-11-22-25-17(20(27)24-19(16)25)10-18(26)23-14-6-3-5-13(21)9-14/h2-9,11,17H,10H2,1H3,(H,23,26)(H,24,27). The first-order chi connectivity index (χ1) is 13.5. The maximum Gasteiger partial charge on any atom is 0.251 e. The van der Waals surface area contributed by atoms with Crippen molar-refractivity contribution < 1.29 is 14.3 Å². The van der Waals surface area contributed by atoms with Crippen molar-refractivity contribution in [3.63, 3.8) is 0 Å². The van der Waals surface area contributed by atoms with Gasteiger partial charge in [-0.15, -0.1) is 0 Å². The highest BCUT2D eigenvalue weighted by Gasteiger charge is 2.35. The molecule has 1 aliphatic rings. The van der Waals surface area contributed by atoms with Crippen LogP contribution in [0.2, 0.25) is 5.02 Å². The highest BCUT2D eigenvalue weighted by molar-refractivity contribution is 6.30. The van der Waals surface area contributed by atoms with Crippen LogP contribution < -0.4 is 15.4 Å². The maximum absolute atomic E-state index is 12.4. The van der Waals surface area contributed by atoms with Gasteiger partial charge in [-0.3, -0.25) is 9.59 Å². The lowest BCUT2D eigenvalue weighted by Crippen LogP contribution is -2.23. The van der Waals surface area contributed by atoms with Gasteiger partial charge in [-0.25, -0.2) is 4.68 Å². The summed E-state index contributed by atoms with van der Waals surface area (Å²) in [6.07, 6.45) is 1.63. The number of methoxy groups -OCH3 is 1. The molecule has 3 aromatic rings. The molecule has 8 heteroatoms. The smallest absolute Gasteiger partial charge is 0.251 e. The lowest BCUT2D eigenvalue weighted by atomic mass is 10.1. The number of carbonyl (C=O) groups excluding carboxylic acids is 2. The Hall–Kier alpha value is -3.32. The van der Waals surface area contributed by atoms with E-state index in [1.54, 1.807) is 42.3 Å². The fourth-order valence-electron chi connectivity index (χ4n) is 3.17. The molecule has 4 rings (SSSR count). The Kier molecular flexibility index (Phi) is 4.75. The van der Waals surface area contributed by atoms with Crippen molar-refractivity contribution in [3.8, 4) is 16.9 Å². The zero-order chi connectivity index (χ0) is 19.7. The quantitative estimate of drug-likeness (QED) is 0.688. The van der Waals surface area contributed by atoms with Crippen LogP contribution in [0, 0.1) is 0 Å². The van der Waals surface area contributed by atoms with Crippen molar-refractivity contribution in [2.75, 3.05) is 17.7 Å². The molecule has 1 aliphatic heterocycles. The topological polar surface area (TPSA) is 85.2 Å². The highest BCUT2D eigenvalue weighted by Crippen LogP contribution is 2.36. The summed E-state index contributed by atoms with van der Waals surface area (Å²) < 4.78 is 6.81. The SMILES string of the molecule is COc1cccc(-c2cnn3c2NC(=O)C3CC(=O)Nc2cccc(Cl)c2)c1. The molecule has 142 valence electrons. The van der Waals surface area contributed by atoms with Crippen LogP contribution in [-0.4, -0.2) is 28.7 Å². The van der Waals surface area contributed by atoms with Crippen LogP contribution in [0.15, 0.2) is 54.7 Å².